The van der Waals surface area contributed by atoms with Crippen LogP contribution in [0.3, 0.4) is 0 Å². The third-order valence-electron chi connectivity index (χ3n) is 4.54. The van der Waals surface area contributed by atoms with Crippen LogP contribution >= 0.6 is 0 Å². The molecule has 21 heavy (non-hydrogen) atoms. The molecule has 1 aromatic carbocycles. The van der Waals surface area contributed by atoms with E-state index in [0.717, 1.165) is 5.92 Å². The summed E-state index contributed by atoms with van der Waals surface area (Å²) >= 11 is 0. The van der Waals surface area contributed by atoms with Gasteiger partial charge in [-0.1, -0.05) is 43.4 Å². The van der Waals surface area contributed by atoms with Gasteiger partial charge in [-0.15, -0.1) is 6.58 Å². The lowest BCUT2D eigenvalue weighted by Gasteiger charge is -2.25. The van der Waals surface area contributed by atoms with Gasteiger partial charge in [0.2, 0.25) is 0 Å². The second-order valence-corrected chi connectivity index (χ2v) is 6.30. The highest BCUT2D eigenvalue weighted by Gasteiger charge is 2.18. The van der Waals surface area contributed by atoms with Gasteiger partial charge in [0.05, 0.1) is 0 Å². The van der Waals surface area contributed by atoms with Crippen molar-refractivity contribution in [3.63, 3.8) is 0 Å². The van der Waals surface area contributed by atoms with E-state index >= 15 is 0 Å². The lowest BCUT2D eigenvalue weighted by Crippen LogP contribution is -2.13. The summed E-state index contributed by atoms with van der Waals surface area (Å²) in [4.78, 5) is 0. The Morgan fingerprint density at radius 2 is 1.86 bits per heavy atom. The molecule has 0 heterocycles. The van der Waals surface area contributed by atoms with Gasteiger partial charge in [0.1, 0.15) is 0 Å². The van der Waals surface area contributed by atoms with Gasteiger partial charge < -0.3 is 0 Å². The first-order valence-electron chi connectivity index (χ1n) is 8.53. The molecule has 0 N–H and O–H groups in total. The van der Waals surface area contributed by atoms with Crippen molar-refractivity contribution in [3.05, 3.63) is 48.0 Å². The quantitative estimate of drug-likeness (QED) is 0.475. The van der Waals surface area contributed by atoms with Gasteiger partial charge in [-0.2, -0.15) is 0 Å². The summed E-state index contributed by atoms with van der Waals surface area (Å²) in [7, 11) is 0. The van der Waals surface area contributed by atoms with E-state index in [4.69, 9.17) is 0 Å². The van der Waals surface area contributed by atoms with Crippen LogP contribution in [0.15, 0.2) is 36.9 Å². The zero-order valence-electron chi connectivity index (χ0n) is 13.4. The van der Waals surface area contributed by atoms with Crippen molar-refractivity contribution < 1.29 is 0 Å². The van der Waals surface area contributed by atoms with Crippen molar-refractivity contribution in [1.82, 2.24) is 0 Å². The van der Waals surface area contributed by atoms with Gasteiger partial charge in [-0.05, 0) is 68.6 Å². The molecule has 1 aliphatic rings. The van der Waals surface area contributed by atoms with Crippen molar-refractivity contribution in [2.45, 2.75) is 58.3 Å². The summed E-state index contributed by atoms with van der Waals surface area (Å²) in [5.41, 5.74) is 2.59. The summed E-state index contributed by atoms with van der Waals surface area (Å²) in [5.74, 6) is 8.39. The van der Waals surface area contributed by atoms with Gasteiger partial charge in [0, 0.05) is 11.5 Å². The van der Waals surface area contributed by atoms with Crippen molar-refractivity contribution in [1.29, 1.82) is 0 Å². The van der Waals surface area contributed by atoms with Crippen LogP contribution in [0.1, 0.15) is 63.0 Å². The zero-order valence-corrected chi connectivity index (χ0v) is 13.4. The third-order valence-corrected chi connectivity index (χ3v) is 4.54. The standard InChI is InChI=1S/C21H28/c1-3-5-7-19-10-14-21(15-11-19)17-16-20-12-8-18(6-4-2)9-13-20/h3,8-9,12-13,19,21H,1,4-7,10-11,14-15H2,2H3. The monoisotopic (exact) mass is 280 g/mol. The van der Waals surface area contributed by atoms with E-state index in [2.05, 4.69) is 49.6 Å². The maximum absolute atomic E-state index is 3.82. The molecule has 0 saturated heterocycles. The Balaban J connectivity index is 1.82. The highest BCUT2D eigenvalue weighted by molar-refractivity contribution is 5.36. The van der Waals surface area contributed by atoms with E-state index in [-0.39, 0.29) is 0 Å². The normalized spacial score (nSPS) is 21.4. The Morgan fingerprint density at radius 1 is 1.14 bits per heavy atom. The molecule has 112 valence electrons. The van der Waals surface area contributed by atoms with Gasteiger partial charge in [0.25, 0.3) is 0 Å². The van der Waals surface area contributed by atoms with E-state index in [1.807, 2.05) is 6.08 Å². The van der Waals surface area contributed by atoms with Crippen molar-refractivity contribution >= 4 is 0 Å². The van der Waals surface area contributed by atoms with Crippen LogP contribution in [-0.2, 0) is 6.42 Å². The average Bonchev–Trinajstić information content (AvgIpc) is 2.53. The summed E-state index contributed by atoms with van der Waals surface area (Å²) in [6.07, 6.45) is 12.2. The number of aryl methyl sites for hydroxylation is 1. The SMILES string of the molecule is C=CCCC1CCC(C#Cc2ccc(CCC)cc2)CC1. The van der Waals surface area contributed by atoms with Gasteiger partial charge in [0.15, 0.2) is 0 Å². The predicted molar refractivity (Wildman–Crippen MR) is 92.2 cm³/mol. The summed E-state index contributed by atoms with van der Waals surface area (Å²) in [5, 5.41) is 0. The molecule has 0 nitrogen and oxygen atoms in total. The number of hydrogen-bond donors (Lipinski definition) is 0. The molecule has 1 aliphatic carbocycles. The smallest absolute Gasteiger partial charge is 0.0245 e. The molecule has 0 heteroatoms. The molecule has 0 aliphatic heterocycles. The zero-order chi connectivity index (χ0) is 14.9. The molecule has 2 rings (SSSR count). The second-order valence-electron chi connectivity index (χ2n) is 6.30. The van der Waals surface area contributed by atoms with E-state index in [1.54, 1.807) is 0 Å². The summed E-state index contributed by atoms with van der Waals surface area (Å²) in [6, 6.07) is 8.79. The molecule has 0 spiro atoms. The Kier molecular flexibility index (Phi) is 6.61. The first-order chi connectivity index (χ1) is 10.3. The lowest BCUT2D eigenvalue weighted by atomic mass is 9.80. The summed E-state index contributed by atoms with van der Waals surface area (Å²) in [6.45, 7) is 6.04. The molecule has 0 amide bonds. The molecule has 1 fully saturated rings. The Hall–Kier alpha value is -1.48. The van der Waals surface area contributed by atoms with Crippen LogP contribution in [0.4, 0.5) is 0 Å². The minimum atomic E-state index is 0.611. The highest BCUT2D eigenvalue weighted by atomic mass is 14.2. The Morgan fingerprint density at radius 3 is 2.48 bits per heavy atom. The van der Waals surface area contributed by atoms with Crippen LogP contribution in [-0.4, -0.2) is 0 Å². The first kappa shape index (κ1) is 15.9. The maximum atomic E-state index is 3.82. The maximum Gasteiger partial charge on any atom is 0.0245 e. The van der Waals surface area contributed by atoms with E-state index < -0.39 is 0 Å². The van der Waals surface area contributed by atoms with Crippen molar-refractivity contribution in [2.24, 2.45) is 11.8 Å². The predicted octanol–water partition coefficient (Wildman–Crippen LogP) is 5.76. The minimum Gasteiger partial charge on any atom is -0.103 e. The number of rotatable bonds is 5. The van der Waals surface area contributed by atoms with Crippen LogP contribution in [0.2, 0.25) is 0 Å². The lowest BCUT2D eigenvalue weighted by molar-refractivity contribution is 0.303. The molecule has 0 radical (unpaired) electrons. The second kappa shape index (κ2) is 8.73. The molecular formula is C21H28. The third kappa shape index (κ3) is 5.43. The van der Waals surface area contributed by atoms with Gasteiger partial charge >= 0.3 is 0 Å². The Labute approximate surface area is 130 Å². The molecule has 0 atom stereocenters. The van der Waals surface area contributed by atoms with Crippen LogP contribution in [0, 0.1) is 23.7 Å². The van der Waals surface area contributed by atoms with E-state index in [0.29, 0.717) is 5.92 Å². The number of allylic oxidation sites excluding steroid dienone is 1. The summed E-state index contributed by atoms with van der Waals surface area (Å²) < 4.78 is 0. The first-order valence-corrected chi connectivity index (χ1v) is 8.53. The fourth-order valence-corrected chi connectivity index (χ4v) is 3.18. The van der Waals surface area contributed by atoms with Crippen molar-refractivity contribution in [3.8, 4) is 11.8 Å². The molecule has 1 aromatic rings. The van der Waals surface area contributed by atoms with Crippen molar-refractivity contribution in [2.75, 3.05) is 0 Å². The molecule has 1 saturated carbocycles. The largest absolute Gasteiger partial charge is 0.103 e. The molecule has 0 unspecified atom stereocenters. The molecule has 0 aromatic heterocycles. The number of hydrogen-bond acceptors (Lipinski definition) is 0. The van der Waals surface area contributed by atoms with Gasteiger partial charge in [-0.3, -0.25) is 0 Å². The van der Waals surface area contributed by atoms with E-state index in [9.17, 15) is 0 Å². The average molecular weight is 280 g/mol. The molecular weight excluding hydrogens is 252 g/mol. The highest BCUT2D eigenvalue weighted by Crippen LogP contribution is 2.31. The fourth-order valence-electron chi connectivity index (χ4n) is 3.18. The fraction of sp³-hybridized carbons (Fsp3) is 0.524. The van der Waals surface area contributed by atoms with Crippen LogP contribution in [0.5, 0.6) is 0 Å². The van der Waals surface area contributed by atoms with Crippen LogP contribution < -0.4 is 0 Å². The van der Waals surface area contributed by atoms with Gasteiger partial charge in [-0.25, -0.2) is 0 Å². The Bertz CT molecular complexity index is 475. The minimum absolute atomic E-state index is 0.611. The number of benzene rings is 1. The van der Waals surface area contributed by atoms with E-state index in [1.165, 1.54) is 62.5 Å². The van der Waals surface area contributed by atoms with Crippen LogP contribution in [0.25, 0.3) is 0 Å². The molecule has 0 bridgehead atoms. The topological polar surface area (TPSA) is 0 Å².